The fourth-order valence-electron chi connectivity index (χ4n) is 2.14. The molecule has 2 N–H and O–H groups in total. The summed E-state index contributed by atoms with van der Waals surface area (Å²) in [4.78, 5) is 32.7. The molecule has 0 fully saturated rings. The molecule has 0 bridgehead atoms. The lowest BCUT2D eigenvalue weighted by atomic mass is 10.2. The fraction of sp³-hybridized carbons (Fsp3) is 0.176. The van der Waals surface area contributed by atoms with Crippen LogP contribution in [-0.2, 0) is 9.59 Å². The molecule has 0 aliphatic carbocycles. The molecule has 2 aromatic carbocycles. The van der Waals surface area contributed by atoms with Crippen LogP contribution >= 0.6 is 11.8 Å². The van der Waals surface area contributed by atoms with Crippen molar-refractivity contribution in [3.63, 3.8) is 0 Å². The number of benzene rings is 2. The van der Waals surface area contributed by atoms with Gasteiger partial charge < -0.3 is 15.4 Å². The van der Waals surface area contributed by atoms with Gasteiger partial charge in [0, 0.05) is 29.3 Å². The van der Waals surface area contributed by atoms with Crippen molar-refractivity contribution in [2.75, 3.05) is 17.2 Å². The van der Waals surface area contributed by atoms with Gasteiger partial charge >= 0.3 is 11.2 Å². The van der Waals surface area contributed by atoms with Crippen molar-refractivity contribution in [2.24, 2.45) is 0 Å². The first kappa shape index (κ1) is 22.0. The topological polar surface area (TPSA) is 111 Å². The summed E-state index contributed by atoms with van der Waals surface area (Å²) < 4.78 is 42.3. The third-order valence-corrected chi connectivity index (χ3v) is 3.93. The van der Waals surface area contributed by atoms with Crippen molar-refractivity contribution in [2.45, 2.75) is 17.3 Å². The number of nitro groups is 1. The Bertz CT molecular complexity index is 920. The summed E-state index contributed by atoms with van der Waals surface area (Å²) in [7, 11) is 0. The Hall–Kier alpha value is -3.28. The number of anilines is 2. The predicted octanol–water partition coefficient (Wildman–Crippen LogP) is 4.18. The Morgan fingerprint density at radius 2 is 1.69 bits per heavy atom. The second kappa shape index (κ2) is 9.28. The van der Waals surface area contributed by atoms with E-state index in [1.807, 2.05) is 0 Å². The Morgan fingerprint density at radius 1 is 1.10 bits per heavy atom. The highest BCUT2D eigenvalue weighted by molar-refractivity contribution is 8.00. The lowest BCUT2D eigenvalue weighted by Gasteiger charge is -2.10. The molecule has 12 heteroatoms. The summed E-state index contributed by atoms with van der Waals surface area (Å²) in [5.41, 5.74) is -4.36. The number of nitro benzene ring substituents is 1. The first-order valence-corrected chi connectivity index (χ1v) is 8.69. The summed E-state index contributed by atoms with van der Waals surface area (Å²) in [6.45, 7) is 0.751. The molecule has 0 saturated carbocycles. The fourth-order valence-corrected chi connectivity index (χ4v) is 2.71. The molecule has 0 radical (unpaired) electrons. The highest BCUT2D eigenvalue weighted by Gasteiger charge is 2.30. The van der Waals surface area contributed by atoms with Crippen LogP contribution < -0.4 is 15.4 Å². The van der Waals surface area contributed by atoms with E-state index in [4.69, 9.17) is 4.74 Å². The number of amides is 2. The van der Waals surface area contributed by atoms with Gasteiger partial charge in [0.1, 0.15) is 0 Å². The van der Waals surface area contributed by atoms with E-state index in [-0.39, 0.29) is 16.6 Å². The number of hydrogen-bond acceptors (Lipinski definition) is 6. The lowest BCUT2D eigenvalue weighted by Crippen LogP contribution is -2.20. The van der Waals surface area contributed by atoms with Crippen molar-refractivity contribution in [3.05, 3.63) is 52.6 Å². The van der Waals surface area contributed by atoms with Crippen molar-refractivity contribution in [3.8, 4) is 5.75 Å². The molecule has 0 aliphatic rings. The number of alkyl halides is 3. The van der Waals surface area contributed by atoms with Crippen LogP contribution in [0.5, 0.6) is 5.75 Å². The van der Waals surface area contributed by atoms with Gasteiger partial charge in [0.15, 0.2) is 12.4 Å². The number of rotatable bonds is 7. The van der Waals surface area contributed by atoms with E-state index in [0.29, 0.717) is 11.4 Å². The predicted molar refractivity (Wildman–Crippen MR) is 99.9 cm³/mol. The minimum absolute atomic E-state index is 0.253. The maximum atomic E-state index is 12.4. The zero-order chi connectivity index (χ0) is 21.6. The maximum Gasteiger partial charge on any atom is 0.446 e. The quantitative estimate of drug-likeness (QED) is 0.388. The standard InChI is InChI=1S/C17H14F3N3O5S/c1-10(24)21-11-2-4-12(5-3-11)22-16(25)9-28-15-7-6-13(29-17(18,19)20)8-14(15)23(26)27/h2-8H,9H2,1H3,(H,21,24)(H,22,25). The van der Waals surface area contributed by atoms with Crippen LogP contribution in [0.1, 0.15) is 6.92 Å². The maximum absolute atomic E-state index is 12.4. The lowest BCUT2D eigenvalue weighted by molar-refractivity contribution is -0.386. The van der Waals surface area contributed by atoms with Crippen LogP contribution in [0.3, 0.4) is 0 Å². The molecule has 8 nitrogen and oxygen atoms in total. The molecule has 0 aromatic heterocycles. The highest BCUT2D eigenvalue weighted by atomic mass is 32.2. The third-order valence-electron chi connectivity index (χ3n) is 3.21. The smallest absolute Gasteiger partial charge is 0.446 e. The SMILES string of the molecule is CC(=O)Nc1ccc(NC(=O)COc2ccc(SC(F)(F)F)cc2[N+](=O)[O-])cc1. The van der Waals surface area contributed by atoms with Gasteiger partial charge in [-0.05, 0) is 48.2 Å². The number of carbonyl (C=O) groups excluding carboxylic acids is 2. The monoisotopic (exact) mass is 429 g/mol. The van der Waals surface area contributed by atoms with E-state index in [1.54, 1.807) is 12.1 Å². The van der Waals surface area contributed by atoms with Gasteiger partial charge in [-0.15, -0.1) is 0 Å². The van der Waals surface area contributed by atoms with E-state index in [1.165, 1.54) is 19.1 Å². The zero-order valence-electron chi connectivity index (χ0n) is 14.8. The summed E-state index contributed by atoms with van der Waals surface area (Å²) in [5.74, 6) is -1.23. The number of ether oxygens (including phenoxy) is 1. The molecule has 2 rings (SSSR count). The Kier molecular flexibility index (Phi) is 7.04. The molecular weight excluding hydrogens is 415 g/mol. The molecule has 0 saturated heterocycles. The highest BCUT2D eigenvalue weighted by Crippen LogP contribution is 2.40. The Balaban J connectivity index is 2.00. The van der Waals surface area contributed by atoms with Gasteiger partial charge in [-0.3, -0.25) is 19.7 Å². The minimum atomic E-state index is -4.59. The van der Waals surface area contributed by atoms with Gasteiger partial charge in [-0.25, -0.2) is 0 Å². The molecule has 0 atom stereocenters. The molecule has 0 unspecified atom stereocenters. The van der Waals surface area contributed by atoms with Gasteiger partial charge in [0.2, 0.25) is 5.91 Å². The molecule has 0 aliphatic heterocycles. The van der Waals surface area contributed by atoms with Crippen molar-refractivity contribution < 1.29 is 32.4 Å². The number of thioether (sulfide) groups is 1. The minimum Gasteiger partial charge on any atom is -0.477 e. The van der Waals surface area contributed by atoms with E-state index in [9.17, 15) is 32.9 Å². The van der Waals surface area contributed by atoms with Crippen molar-refractivity contribution >= 4 is 40.6 Å². The normalized spacial score (nSPS) is 10.9. The van der Waals surface area contributed by atoms with Gasteiger partial charge in [-0.2, -0.15) is 13.2 Å². The van der Waals surface area contributed by atoms with Gasteiger partial charge in [0.05, 0.1) is 4.92 Å². The number of halogens is 3. The Labute approximate surface area is 166 Å². The second-order valence-electron chi connectivity index (χ2n) is 5.53. The largest absolute Gasteiger partial charge is 0.477 e. The van der Waals surface area contributed by atoms with Crippen LogP contribution in [0.25, 0.3) is 0 Å². The zero-order valence-corrected chi connectivity index (χ0v) is 15.6. The van der Waals surface area contributed by atoms with E-state index >= 15 is 0 Å². The van der Waals surface area contributed by atoms with E-state index in [0.717, 1.165) is 18.2 Å². The number of nitrogens with one attached hydrogen (secondary N) is 2. The number of nitrogens with zero attached hydrogens (tertiary/aromatic N) is 1. The van der Waals surface area contributed by atoms with Crippen LogP contribution in [0.4, 0.5) is 30.2 Å². The molecule has 2 amide bonds. The van der Waals surface area contributed by atoms with E-state index in [2.05, 4.69) is 10.6 Å². The molecule has 0 heterocycles. The summed E-state index contributed by atoms with van der Waals surface area (Å²) in [5, 5.41) is 16.1. The molecule has 0 spiro atoms. The molecule has 154 valence electrons. The second-order valence-corrected chi connectivity index (χ2v) is 6.67. The van der Waals surface area contributed by atoms with Crippen LogP contribution in [0.2, 0.25) is 0 Å². The first-order chi connectivity index (χ1) is 13.5. The summed E-state index contributed by atoms with van der Waals surface area (Å²) in [6.07, 6.45) is 0. The number of carbonyl (C=O) groups is 2. The van der Waals surface area contributed by atoms with Crippen LogP contribution in [-0.4, -0.2) is 28.9 Å². The molecular formula is C17H14F3N3O5S. The average Bonchev–Trinajstić information content (AvgIpc) is 2.60. The summed E-state index contributed by atoms with van der Waals surface area (Å²) >= 11 is -0.494. The van der Waals surface area contributed by atoms with Crippen molar-refractivity contribution in [1.82, 2.24) is 0 Å². The van der Waals surface area contributed by atoms with Crippen LogP contribution in [0.15, 0.2) is 47.4 Å². The third kappa shape index (κ3) is 7.33. The summed E-state index contributed by atoms with van der Waals surface area (Å²) in [6, 6.07) is 8.90. The first-order valence-electron chi connectivity index (χ1n) is 7.88. The van der Waals surface area contributed by atoms with E-state index < -0.39 is 40.4 Å². The number of hydrogen-bond donors (Lipinski definition) is 2. The van der Waals surface area contributed by atoms with Gasteiger partial charge in [-0.1, -0.05) is 0 Å². The van der Waals surface area contributed by atoms with Crippen LogP contribution in [0, 0.1) is 10.1 Å². The Morgan fingerprint density at radius 3 is 2.21 bits per heavy atom. The molecule has 2 aromatic rings. The van der Waals surface area contributed by atoms with Crippen molar-refractivity contribution in [1.29, 1.82) is 0 Å². The average molecular weight is 429 g/mol. The molecule has 29 heavy (non-hydrogen) atoms. The van der Waals surface area contributed by atoms with Gasteiger partial charge in [0.25, 0.3) is 5.91 Å².